The number of phenolic OH excluding ortho intramolecular Hbond substituents is 1. The summed E-state index contributed by atoms with van der Waals surface area (Å²) in [6.45, 7) is 3.88. The lowest BCUT2D eigenvalue weighted by Crippen LogP contribution is -2.13. The first-order valence-electron chi connectivity index (χ1n) is 7.31. The number of aromatic hydroxyl groups is 1. The van der Waals surface area contributed by atoms with Crippen LogP contribution in [-0.4, -0.2) is 17.5 Å². The lowest BCUT2D eigenvalue weighted by Gasteiger charge is -2.20. The van der Waals surface area contributed by atoms with Crippen molar-refractivity contribution >= 4 is 22.2 Å². The molecule has 2 aromatic carbocycles. The maximum absolute atomic E-state index is 10.8. The summed E-state index contributed by atoms with van der Waals surface area (Å²) in [4.78, 5) is 10.8. The Labute approximate surface area is 144 Å². The van der Waals surface area contributed by atoms with Gasteiger partial charge in [-0.3, -0.25) is 0 Å². The molecule has 0 heterocycles. The quantitative estimate of drug-likeness (QED) is 0.725. The smallest absolute Gasteiger partial charge is 0.148 e. The molecule has 0 aromatic heterocycles. The van der Waals surface area contributed by atoms with Crippen molar-refractivity contribution in [3.05, 3.63) is 58.1 Å². The van der Waals surface area contributed by atoms with Gasteiger partial charge in [0.05, 0.1) is 10.6 Å². The number of carbonyl (C=O) groups is 1. The van der Waals surface area contributed by atoms with Gasteiger partial charge in [0, 0.05) is 5.56 Å². The first-order chi connectivity index (χ1) is 11.0. The fraction of sp³-hybridized carbons (Fsp3) is 0.278. The van der Waals surface area contributed by atoms with Gasteiger partial charge in [-0.1, -0.05) is 30.3 Å². The van der Waals surface area contributed by atoms with E-state index < -0.39 is 12.2 Å². The molecule has 0 aliphatic heterocycles. The van der Waals surface area contributed by atoms with Gasteiger partial charge < -0.3 is 19.4 Å². The molecule has 2 rings (SSSR count). The van der Waals surface area contributed by atoms with Crippen LogP contribution in [-0.2, 0) is 16.1 Å². The molecule has 0 aliphatic carbocycles. The molecule has 1 N–H and O–H groups in total. The summed E-state index contributed by atoms with van der Waals surface area (Å²) in [5.41, 5.74) is 1.72. The molecule has 0 amide bonds. The first-order valence-corrected chi connectivity index (χ1v) is 8.10. The Morgan fingerprint density at radius 1 is 1.22 bits per heavy atom. The van der Waals surface area contributed by atoms with Gasteiger partial charge >= 0.3 is 0 Å². The molecule has 0 unspecified atom stereocenters. The van der Waals surface area contributed by atoms with Crippen LogP contribution < -0.4 is 4.74 Å². The third-order valence-electron chi connectivity index (χ3n) is 3.33. The minimum absolute atomic E-state index is 0.105. The summed E-state index contributed by atoms with van der Waals surface area (Å²) >= 11 is 3.41. The van der Waals surface area contributed by atoms with Gasteiger partial charge in [0.15, 0.2) is 0 Å². The normalized spacial score (nSPS) is 13.3. The van der Waals surface area contributed by atoms with Crippen LogP contribution in [0.15, 0.2) is 46.9 Å². The van der Waals surface area contributed by atoms with Crippen molar-refractivity contribution in [1.29, 1.82) is 0 Å². The summed E-state index contributed by atoms with van der Waals surface area (Å²) in [5.74, 6) is 0.699. The van der Waals surface area contributed by atoms with Crippen molar-refractivity contribution in [2.24, 2.45) is 0 Å². The van der Waals surface area contributed by atoms with Gasteiger partial charge in [-0.05, 0) is 47.5 Å². The summed E-state index contributed by atoms with van der Waals surface area (Å²) in [5, 5.41) is 9.83. The topological polar surface area (TPSA) is 55.8 Å². The number of carbonyl (C=O) groups excluding carboxylic acids is 1. The minimum Gasteiger partial charge on any atom is -0.508 e. The van der Waals surface area contributed by atoms with E-state index in [2.05, 4.69) is 15.9 Å². The van der Waals surface area contributed by atoms with Crippen LogP contribution in [0, 0.1) is 0 Å². The zero-order valence-corrected chi connectivity index (χ0v) is 14.6. The third-order valence-corrected chi connectivity index (χ3v) is 3.92. The van der Waals surface area contributed by atoms with Crippen LogP contribution in [0.5, 0.6) is 11.5 Å². The Morgan fingerprint density at radius 3 is 2.57 bits per heavy atom. The maximum Gasteiger partial charge on any atom is 0.148 e. The summed E-state index contributed by atoms with van der Waals surface area (Å²) < 4.78 is 12.2. The predicted molar refractivity (Wildman–Crippen MR) is 91.6 cm³/mol. The van der Waals surface area contributed by atoms with Crippen molar-refractivity contribution in [3.8, 4) is 11.5 Å². The van der Waals surface area contributed by atoms with E-state index in [-0.39, 0.29) is 5.75 Å². The summed E-state index contributed by atoms with van der Waals surface area (Å²) in [6.07, 6.45) is -0.198. The number of benzene rings is 2. The van der Waals surface area contributed by atoms with Gasteiger partial charge in [0.1, 0.15) is 30.5 Å². The fourth-order valence-electron chi connectivity index (χ4n) is 2.21. The van der Waals surface area contributed by atoms with Crippen molar-refractivity contribution in [3.63, 3.8) is 0 Å². The number of aldehydes is 1. The lowest BCUT2D eigenvalue weighted by molar-refractivity contribution is -0.120. The molecule has 0 aliphatic rings. The van der Waals surface area contributed by atoms with E-state index in [1.54, 1.807) is 19.1 Å². The lowest BCUT2D eigenvalue weighted by atomic mass is 10.1. The highest BCUT2D eigenvalue weighted by atomic mass is 79.9. The molecule has 5 heteroatoms. The summed E-state index contributed by atoms with van der Waals surface area (Å²) in [7, 11) is 0. The van der Waals surface area contributed by atoms with Crippen LogP contribution >= 0.6 is 15.9 Å². The minimum atomic E-state index is -0.534. The van der Waals surface area contributed by atoms with Gasteiger partial charge in [0.2, 0.25) is 0 Å². The Balaban J connectivity index is 2.24. The second-order valence-electron chi connectivity index (χ2n) is 5.24. The van der Waals surface area contributed by atoms with Gasteiger partial charge in [0.25, 0.3) is 0 Å². The van der Waals surface area contributed by atoms with Crippen molar-refractivity contribution in [2.75, 3.05) is 0 Å². The predicted octanol–water partition coefficient (Wildman–Crippen LogP) is 4.40. The largest absolute Gasteiger partial charge is 0.508 e. The molecule has 0 radical (unpaired) electrons. The van der Waals surface area contributed by atoms with Crippen molar-refractivity contribution < 1.29 is 19.4 Å². The molecule has 0 saturated heterocycles. The number of phenols is 1. The van der Waals surface area contributed by atoms with Gasteiger partial charge in [-0.2, -0.15) is 0 Å². The highest BCUT2D eigenvalue weighted by Crippen LogP contribution is 2.38. The molecule has 0 saturated carbocycles. The second-order valence-corrected chi connectivity index (χ2v) is 6.09. The molecule has 122 valence electrons. The number of halogens is 1. The third kappa shape index (κ3) is 4.81. The fourth-order valence-corrected chi connectivity index (χ4v) is 2.79. The molecule has 4 nitrogen and oxygen atoms in total. The van der Waals surface area contributed by atoms with Crippen molar-refractivity contribution in [2.45, 2.75) is 32.7 Å². The first kappa shape index (κ1) is 17.5. The van der Waals surface area contributed by atoms with E-state index in [4.69, 9.17) is 9.47 Å². The average Bonchev–Trinajstić information content (AvgIpc) is 2.54. The maximum atomic E-state index is 10.8. The Hall–Kier alpha value is -1.85. The van der Waals surface area contributed by atoms with Gasteiger partial charge in [-0.25, -0.2) is 0 Å². The van der Waals surface area contributed by atoms with E-state index in [0.29, 0.717) is 22.4 Å². The molecule has 23 heavy (non-hydrogen) atoms. The molecular weight excluding hydrogens is 360 g/mol. The zero-order chi connectivity index (χ0) is 16.8. The van der Waals surface area contributed by atoms with Crippen LogP contribution in [0.1, 0.15) is 31.1 Å². The molecule has 2 atom stereocenters. The van der Waals surface area contributed by atoms with Crippen molar-refractivity contribution in [1.82, 2.24) is 0 Å². The highest BCUT2D eigenvalue weighted by molar-refractivity contribution is 9.10. The standard InChI is InChI=1S/C18H19BrO4/c1-12(10-20)23-13(2)16-8-15(21)9-17(19)18(16)22-11-14-6-4-3-5-7-14/h3-10,12-13,21H,11H2,1-2H3/t12-,13-/m1/s1. The number of hydrogen-bond donors (Lipinski definition) is 1. The SMILES string of the molecule is C[C@H](C=O)O[C@H](C)c1cc(O)cc(Br)c1OCc1ccccc1. The summed E-state index contributed by atoms with van der Waals surface area (Å²) in [6, 6.07) is 13.0. The van der Waals surface area contributed by atoms with E-state index in [0.717, 1.165) is 11.8 Å². The Morgan fingerprint density at radius 2 is 1.91 bits per heavy atom. The van der Waals surface area contributed by atoms with E-state index >= 15 is 0 Å². The average molecular weight is 379 g/mol. The molecule has 2 aromatic rings. The second kappa shape index (κ2) is 8.13. The molecule has 0 fully saturated rings. The van der Waals surface area contributed by atoms with Crippen LogP contribution in [0.2, 0.25) is 0 Å². The number of ether oxygens (including phenoxy) is 2. The number of rotatable bonds is 7. The van der Waals surface area contributed by atoms with E-state index in [9.17, 15) is 9.90 Å². The highest BCUT2D eigenvalue weighted by Gasteiger charge is 2.19. The monoisotopic (exact) mass is 378 g/mol. The van der Waals surface area contributed by atoms with Crippen LogP contribution in [0.3, 0.4) is 0 Å². The Bertz CT molecular complexity index is 658. The Kier molecular flexibility index (Phi) is 6.19. The van der Waals surface area contributed by atoms with E-state index in [1.165, 1.54) is 0 Å². The molecular formula is C18H19BrO4. The van der Waals surface area contributed by atoms with Crippen LogP contribution in [0.25, 0.3) is 0 Å². The molecule has 0 spiro atoms. The zero-order valence-electron chi connectivity index (χ0n) is 13.0. The number of hydrogen-bond acceptors (Lipinski definition) is 4. The van der Waals surface area contributed by atoms with E-state index in [1.807, 2.05) is 37.3 Å². The van der Waals surface area contributed by atoms with Gasteiger partial charge in [-0.15, -0.1) is 0 Å². The molecule has 0 bridgehead atoms. The van der Waals surface area contributed by atoms with Crippen LogP contribution in [0.4, 0.5) is 0 Å².